The van der Waals surface area contributed by atoms with Crippen LogP contribution in [0.2, 0.25) is 0 Å². The maximum atomic E-state index is 13.3. The van der Waals surface area contributed by atoms with E-state index in [4.69, 9.17) is 9.47 Å². The molecule has 5 nitrogen and oxygen atoms in total. The normalized spacial score (nSPS) is 15.4. The van der Waals surface area contributed by atoms with E-state index in [1.165, 1.54) is 36.0 Å². The highest BCUT2D eigenvalue weighted by molar-refractivity contribution is 8.18. The molecule has 3 aromatic rings. The number of amidine groups is 1. The molecule has 8 heteroatoms. The Morgan fingerprint density at radius 2 is 1.68 bits per heavy atom. The van der Waals surface area contributed by atoms with E-state index in [0.29, 0.717) is 46.8 Å². The fourth-order valence-electron chi connectivity index (χ4n) is 3.88. The van der Waals surface area contributed by atoms with E-state index in [2.05, 4.69) is 11.6 Å². The zero-order valence-electron chi connectivity index (χ0n) is 21.2. The van der Waals surface area contributed by atoms with Crippen molar-refractivity contribution in [1.82, 2.24) is 4.90 Å². The second kappa shape index (κ2) is 12.6. The van der Waals surface area contributed by atoms with E-state index >= 15 is 0 Å². The molecule has 0 spiro atoms. The van der Waals surface area contributed by atoms with Gasteiger partial charge in [0, 0.05) is 12.1 Å². The summed E-state index contributed by atoms with van der Waals surface area (Å²) in [5.41, 5.74) is 3.01. The van der Waals surface area contributed by atoms with Crippen molar-refractivity contribution >= 4 is 34.6 Å². The minimum atomic E-state index is -0.345. The van der Waals surface area contributed by atoms with Gasteiger partial charge in [0.1, 0.15) is 18.2 Å². The molecule has 0 bridgehead atoms. The van der Waals surface area contributed by atoms with Crippen LogP contribution in [0.1, 0.15) is 30.5 Å². The third kappa shape index (κ3) is 6.50. The molecule has 0 saturated carbocycles. The number of ether oxygens (including phenoxy) is 2. The highest BCUT2D eigenvalue weighted by Gasteiger charge is 2.32. The first-order chi connectivity index (χ1) is 18.4. The second-order valence-electron chi connectivity index (χ2n) is 8.38. The van der Waals surface area contributed by atoms with E-state index in [0.717, 1.165) is 16.7 Å². The fraction of sp³-hybridized carbons (Fsp3) is 0.200. The maximum absolute atomic E-state index is 13.3. The Morgan fingerprint density at radius 3 is 2.32 bits per heavy atom. The molecule has 1 aliphatic rings. The zero-order chi connectivity index (χ0) is 27.1. The summed E-state index contributed by atoms with van der Waals surface area (Å²) in [6.07, 6.45) is 4.10. The summed E-state index contributed by atoms with van der Waals surface area (Å²) in [7, 11) is 0. The van der Waals surface area contributed by atoms with Crippen molar-refractivity contribution in [2.24, 2.45) is 4.99 Å². The molecule has 3 aromatic carbocycles. The molecule has 1 amide bonds. The summed E-state index contributed by atoms with van der Waals surface area (Å²) < 4.78 is 38.6. The predicted molar refractivity (Wildman–Crippen MR) is 149 cm³/mol. The molecule has 1 saturated heterocycles. The number of nitrogens with zero attached hydrogens (tertiary/aromatic N) is 2. The Bertz CT molecular complexity index is 1370. The van der Waals surface area contributed by atoms with E-state index in [1.807, 2.05) is 32.1 Å². The molecule has 1 fully saturated rings. The molecule has 0 radical (unpaired) electrons. The van der Waals surface area contributed by atoms with Crippen LogP contribution in [0.3, 0.4) is 0 Å². The SMILES string of the molecule is C=CCc1cc(/C=C2/SC(=Nc3ccc(F)cc3)N(CC)C2=O)cc(OCC)c1OCc1ccc(F)cc1. The lowest BCUT2D eigenvalue weighted by atomic mass is 10.0. The molecule has 1 heterocycles. The smallest absolute Gasteiger partial charge is 0.266 e. The van der Waals surface area contributed by atoms with Crippen molar-refractivity contribution in [3.63, 3.8) is 0 Å². The van der Waals surface area contributed by atoms with Crippen molar-refractivity contribution < 1.29 is 23.0 Å². The lowest BCUT2D eigenvalue weighted by molar-refractivity contribution is -0.122. The third-order valence-electron chi connectivity index (χ3n) is 5.67. The van der Waals surface area contributed by atoms with Gasteiger partial charge in [-0.15, -0.1) is 6.58 Å². The summed E-state index contributed by atoms with van der Waals surface area (Å²) in [6, 6.07) is 15.7. The Morgan fingerprint density at radius 1 is 1.00 bits per heavy atom. The van der Waals surface area contributed by atoms with Crippen LogP contribution in [0.15, 0.2) is 83.2 Å². The number of carbonyl (C=O) groups is 1. The van der Waals surface area contributed by atoms with E-state index in [9.17, 15) is 13.6 Å². The molecule has 1 aliphatic heterocycles. The number of hydrogen-bond donors (Lipinski definition) is 0. The van der Waals surface area contributed by atoms with Crippen LogP contribution in [0, 0.1) is 11.6 Å². The van der Waals surface area contributed by atoms with Gasteiger partial charge in [-0.25, -0.2) is 13.8 Å². The number of allylic oxidation sites excluding steroid dienone is 1. The Labute approximate surface area is 225 Å². The minimum Gasteiger partial charge on any atom is -0.490 e. The average molecular weight is 535 g/mol. The third-order valence-corrected chi connectivity index (χ3v) is 6.67. The van der Waals surface area contributed by atoms with Gasteiger partial charge in [-0.2, -0.15) is 0 Å². The van der Waals surface area contributed by atoms with Crippen molar-refractivity contribution in [2.45, 2.75) is 26.9 Å². The van der Waals surface area contributed by atoms with Crippen molar-refractivity contribution in [2.75, 3.05) is 13.2 Å². The van der Waals surface area contributed by atoms with Gasteiger partial charge in [0.15, 0.2) is 16.7 Å². The summed E-state index contributed by atoms with van der Waals surface area (Å²) in [6.45, 7) is 8.74. The summed E-state index contributed by atoms with van der Waals surface area (Å²) >= 11 is 1.27. The first kappa shape index (κ1) is 27.1. The van der Waals surface area contributed by atoms with E-state index < -0.39 is 0 Å². The van der Waals surface area contributed by atoms with Crippen LogP contribution < -0.4 is 9.47 Å². The Balaban J connectivity index is 1.66. The quantitative estimate of drug-likeness (QED) is 0.202. The topological polar surface area (TPSA) is 51.1 Å². The van der Waals surface area contributed by atoms with Crippen LogP contribution >= 0.6 is 11.8 Å². The molecule has 38 heavy (non-hydrogen) atoms. The molecule has 196 valence electrons. The number of benzene rings is 3. The number of likely N-dealkylation sites (N-methyl/N-ethyl adjacent to an activating group) is 1. The zero-order valence-corrected chi connectivity index (χ0v) is 22.1. The highest BCUT2D eigenvalue weighted by atomic mass is 32.2. The maximum Gasteiger partial charge on any atom is 0.266 e. The van der Waals surface area contributed by atoms with Gasteiger partial charge in [-0.05, 0) is 97.8 Å². The van der Waals surface area contributed by atoms with Crippen LogP contribution in [0.4, 0.5) is 14.5 Å². The van der Waals surface area contributed by atoms with Gasteiger partial charge in [0.05, 0.1) is 17.2 Å². The number of hydrogen-bond acceptors (Lipinski definition) is 5. The lowest BCUT2D eigenvalue weighted by Gasteiger charge is -2.17. The van der Waals surface area contributed by atoms with Crippen LogP contribution in [-0.2, 0) is 17.8 Å². The van der Waals surface area contributed by atoms with E-state index in [1.54, 1.807) is 35.2 Å². The van der Waals surface area contributed by atoms with Gasteiger partial charge >= 0.3 is 0 Å². The Hall–Kier alpha value is -3.91. The lowest BCUT2D eigenvalue weighted by Crippen LogP contribution is -2.28. The highest BCUT2D eigenvalue weighted by Crippen LogP contribution is 2.38. The average Bonchev–Trinajstić information content (AvgIpc) is 3.19. The van der Waals surface area contributed by atoms with Gasteiger partial charge in [0.25, 0.3) is 5.91 Å². The molecule has 4 rings (SSSR count). The number of aliphatic imine (C=N–C) groups is 1. The van der Waals surface area contributed by atoms with Crippen LogP contribution in [-0.4, -0.2) is 29.1 Å². The minimum absolute atomic E-state index is 0.154. The van der Waals surface area contributed by atoms with Crippen molar-refractivity contribution in [3.05, 3.63) is 107 Å². The number of halogens is 2. The van der Waals surface area contributed by atoms with Gasteiger partial charge in [0.2, 0.25) is 0 Å². The molecular weight excluding hydrogens is 506 g/mol. The van der Waals surface area contributed by atoms with Gasteiger partial charge in [-0.1, -0.05) is 18.2 Å². The standard InChI is InChI=1S/C30H28F2N2O3S/c1-4-7-22-16-21(17-26(36-6-3)28(22)37-19-20-8-10-23(31)11-9-20)18-27-29(35)34(5-2)30(38-27)33-25-14-12-24(32)13-15-25/h4,8-18H,1,5-7,19H2,2-3H3/b27-18+,33-30?. The van der Waals surface area contributed by atoms with Gasteiger partial charge < -0.3 is 9.47 Å². The molecular formula is C30H28F2N2O3S. The first-order valence-corrected chi connectivity index (χ1v) is 13.1. The van der Waals surface area contributed by atoms with Gasteiger partial charge in [-0.3, -0.25) is 9.69 Å². The van der Waals surface area contributed by atoms with Crippen molar-refractivity contribution in [3.8, 4) is 11.5 Å². The molecule has 0 N–H and O–H groups in total. The van der Waals surface area contributed by atoms with Crippen molar-refractivity contribution in [1.29, 1.82) is 0 Å². The number of thioether (sulfide) groups is 1. The molecule has 0 aromatic heterocycles. The fourth-order valence-corrected chi connectivity index (χ4v) is 4.95. The predicted octanol–water partition coefficient (Wildman–Crippen LogP) is 7.29. The summed E-state index contributed by atoms with van der Waals surface area (Å²) in [5.74, 6) is 0.322. The second-order valence-corrected chi connectivity index (χ2v) is 9.39. The Kier molecular flexibility index (Phi) is 8.97. The number of amides is 1. The van der Waals surface area contributed by atoms with E-state index in [-0.39, 0.29) is 24.1 Å². The first-order valence-electron chi connectivity index (χ1n) is 12.2. The number of carbonyl (C=O) groups excluding carboxylic acids is 1. The summed E-state index contributed by atoms with van der Waals surface area (Å²) in [5, 5.41) is 0.533. The molecule has 0 unspecified atom stereocenters. The van der Waals surface area contributed by atoms with Crippen LogP contribution in [0.25, 0.3) is 6.08 Å². The summed E-state index contributed by atoms with van der Waals surface area (Å²) in [4.78, 5) is 19.8. The monoisotopic (exact) mass is 534 g/mol. The largest absolute Gasteiger partial charge is 0.490 e. The molecule has 0 aliphatic carbocycles. The number of rotatable bonds is 10. The molecule has 0 atom stereocenters. The van der Waals surface area contributed by atoms with Crippen LogP contribution in [0.5, 0.6) is 11.5 Å².